The van der Waals surface area contributed by atoms with E-state index in [9.17, 15) is 28.0 Å². The average Bonchev–Trinajstić information content (AvgIpc) is 3.84. The first kappa shape index (κ1) is 31.0. The number of carbonyl (C=O) groups is 4. The number of anilines is 2. The van der Waals surface area contributed by atoms with E-state index in [1.807, 2.05) is 48.5 Å². The van der Waals surface area contributed by atoms with E-state index >= 15 is 0 Å². The van der Waals surface area contributed by atoms with E-state index < -0.39 is 59.0 Å². The van der Waals surface area contributed by atoms with Gasteiger partial charge in [-0.3, -0.25) is 19.2 Å². The number of nitrogens with zero attached hydrogens (tertiary/aromatic N) is 2. The van der Waals surface area contributed by atoms with Crippen LogP contribution >= 0.6 is 0 Å². The standard InChI is InChI=1S/C40H34F2N6O4/c41-23-9-5-7-21(15-23)17-29-35(51)47-31(33(49)43-29)19-39(25-11-1-3-13-27(25)45-37(39)47)40-20-32-34(50)44-30(18-22-8-6-10-24(42)16-22)36(52)48(32)38(40)46-28-14-4-2-12-26(28)40/h1-16,29-32,37-38,45-46H,17-20H2,(H,43,49)(H,44,50)/t29-,30-,31-,32-,37+,38+,39?,40?/m0/s1. The number of hydrogen-bond acceptors (Lipinski definition) is 6. The Morgan fingerprint density at radius 1 is 0.558 bits per heavy atom. The summed E-state index contributed by atoms with van der Waals surface area (Å²) in [6, 6.07) is 24.2. The monoisotopic (exact) mass is 700 g/mol. The summed E-state index contributed by atoms with van der Waals surface area (Å²) in [5.74, 6) is -2.03. The van der Waals surface area contributed by atoms with Gasteiger partial charge in [-0.25, -0.2) is 8.78 Å². The Hall–Kier alpha value is -5.78. The molecular weight excluding hydrogens is 666 g/mol. The van der Waals surface area contributed by atoms with Crippen molar-refractivity contribution in [1.82, 2.24) is 20.4 Å². The lowest BCUT2D eigenvalue weighted by molar-refractivity contribution is -0.149. The maximum Gasteiger partial charge on any atom is 0.247 e. The normalized spacial score (nSPS) is 32.1. The molecule has 4 saturated heterocycles. The molecule has 0 bridgehead atoms. The van der Waals surface area contributed by atoms with Gasteiger partial charge in [0.05, 0.1) is 10.8 Å². The molecule has 0 aromatic heterocycles. The minimum absolute atomic E-state index is 0.119. The molecule has 0 spiro atoms. The Balaban J connectivity index is 1.11. The molecular formula is C40H34F2N6O4. The molecule has 262 valence electrons. The molecule has 10 rings (SSSR count). The van der Waals surface area contributed by atoms with Crippen LogP contribution in [0.4, 0.5) is 20.2 Å². The van der Waals surface area contributed by atoms with Crippen LogP contribution in [0.1, 0.15) is 35.1 Å². The van der Waals surface area contributed by atoms with E-state index in [4.69, 9.17) is 0 Å². The quantitative estimate of drug-likeness (QED) is 0.254. The predicted molar refractivity (Wildman–Crippen MR) is 186 cm³/mol. The highest BCUT2D eigenvalue weighted by Crippen LogP contribution is 2.68. The molecule has 8 atom stereocenters. The highest BCUT2D eigenvalue weighted by atomic mass is 19.1. The van der Waals surface area contributed by atoms with Gasteiger partial charge in [-0.15, -0.1) is 0 Å². The van der Waals surface area contributed by atoms with E-state index in [-0.39, 0.29) is 49.3 Å². The lowest BCUT2D eigenvalue weighted by Crippen LogP contribution is -2.67. The SMILES string of the molecule is O=C1N[C@@H](Cc2cccc(F)c2)C(=O)N2[C@H]3Nc4ccccc4C3(C34C[C@H]5C(=O)N[C@@H](Cc6cccc(F)c6)C(=O)N5[C@H]3Nc3ccccc34)C[C@@H]12. The van der Waals surface area contributed by atoms with Crippen molar-refractivity contribution < 1.29 is 28.0 Å². The molecule has 4 amide bonds. The van der Waals surface area contributed by atoms with E-state index in [2.05, 4.69) is 21.3 Å². The zero-order valence-electron chi connectivity index (χ0n) is 27.8. The van der Waals surface area contributed by atoms with Crippen LogP contribution in [0.3, 0.4) is 0 Å². The number of carbonyl (C=O) groups excluding carboxylic acids is 4. The summed E-state index contributed by atoms with van der Waals surface area (Å²) >= 11 is 0. The van der Waals surface area contributed by atoms with Crippen molar-refractivity contribution in [2.75, 3.05) is 10.6 Å². The number of para-hydroxylation sites is 2. The Kier molecular flexibility index (Phi) is 6.48. The molecule has 10 nitrogen and oxygen atoms in total. The molecule has 0 radical (unpaired) electrons. The summed E-state index contributed by atoms with van der Waals surface area (Å²) in [5, 5.41) is 13.2. The second-order valence-electron chi connectivity index (χ2n) is 14.8. The average molecular weight is 701 g/mol. The number of hydrogen-bond donors (Lipinski definition) is 4. The number of fused-ring (bicyclic) bond motifs is 11. The fraction of sp³-hybridized carbons (Fsp3) is 0.300. The zero-order valence-corrected chi connectivity index (χ0v) is 27.8. The van der Waals surface area contributed by atoms with Gasteiger partial charge >= 0.3 is 0 Å². The second-order valence-corrected chi connectivity index (χ2v) is 14.8. The molecule has 6 aliphatic heterocycles. The highest BCUT2D eigenvalue weighted by Gasteiger charge is 2.78. The Morgan fingerprint density at radius 3 is 1.40 bits per heavy atom. The van der Waals surface area contributed by atoms with Crippen molar-refractivity contribution in [3.63, 3.8) is 0 Å². The lowest BCUT2D eigenvalue weighted by Gasteiger charge is -2.48. The van der Waals surface area contributed by atoms with Crippen molar-refractivity contribution in [2.24, 2.45) is 0 Å². The first-order chi connectivity index (χ1) is 25.2. The van der Waals surface area contributed by atoms with Gasteiger partial charge in [-0.2, -0.15) is 0 Å². The molecule has 2 unspecified atom stereocenters. The Labute approximate surface area is 297 Å². The van der Waals surface area contributed by atoms with Gasteiger partial charge in [-0.1, -0.05) is 60.7 Å². The third-order valence-corrected chi connectivity index (χ3v) is 12.4. The molecule has 4 aromatic carbocycles. The fourth-order valence-electron chi connectivity index (χ4n) is 10.5. The van der Waals surface area contributed by atoms with Gasteiger partial charge in [0.15, 0.2) is 0 Å². The summed E-state index contributed by atoms with van der Waals surface area (Å²) in [7, 11) is 0. The van der Waals surface area contributed by atoms with Crippen molar-refractivity contribution in [2.45, 2.75) is 73.0 Å². The molecule has 6 heterocycles. The molecule has 4 aromatic rings. The van der Waals surface area contributed by atoms with Crippen LogP contribution in [-0.2, 0) is 42.8 Å². The molecule has 4 N–H and O–H groups in total. The number of halogens is 2. The smallest absolute Gasteiger partial charge is 0.247 e. The summed E-state index contributed by atoms with van der Waals surface area (Å²) in [5.41, 5.74) is 2.66. The van der Waals surface area contributed by atoms with Gasteiger partial charge in [0.2, 0.25) is 23.6 Å². The summed E-state index contributed by atoms with van der Waals surface area (Å²) in [6.07, 6.45) is -0.701. The topological polar surface area (TPSA) is 123 Å². The summed E-state index contributed by atoms with van der Waals surface area (Å²) in [6.45, 7) is 0. The lowest BCUT2D eigenvalue weighted by atomic mass is 9.54. The molecule has 0 saturated carbocycles. The zero-order chi connectivity index (χ0) is 35.5. The summed E-state index contributed by atoms with van der Waals surface area (Å²) < 4.78 is 28.3. The van der Waals surface area contributed by atoms with Crippen LogP contribution < -0.4 is 21.3 Å². The summed E-state index contributed by atoms with van der Waals surface area (Å²) in [4.78, 5) is 60.9. The number of amides is 4. The number of nitrogens with one attached hydrogen (secondary N) is 4. The molecule has 12 heteroatoms. The van der Waals surface area contributed by atoms with Crippen LogP contribution in [0.2, 0.25) is 0 Å². The van der Waals surface area contributed by atoms with Crippen LogP contribution in [0.5, 0.6) is 0 Å². The van der Waals surface area contributed by atoms with E-state index in [1.165, 1.54) is 24.3 Å². The van der Waals surface area contributed by atoms with Gasteiger partial charge in [0, 0.05) is 24.2 Å². The minimum Gasteiger partial charge on any atom is -0.364 e. The fourth-order valence-corrected chi connectivity index (χ4v) is 10.5. The first-order valence-corrected chi connectivity index (χ1v) is 17.7. The predicted octanol–water partition coefficient (Wildman–Crippen LogP) is 3.33. The maximum atomic E-state index is 14.6. The van der Waals surface area contributed by atoms with E-state index in [1.54, 1.807) is 34.1 Å². The number of piperazine rings is 2. The minimum atomic E-state index is -0.977. The van der Waals surface area contributed by atoms with Crippen LogP contribution in [0, 0.1) is 11.6 Å². The molecule has 0 aliphatic carbocycles. The van der Waals surface area contributed by atoms with Crippen LogP contribution in [-0.4, -0.2) is 69.9 Å². The van der Waals surface area contributed by atoms with Gasteiger partial charge in [-0.05, 0) is 71.5 Å². The van der Waals surface area contributed by atoms with Crippen molar-refractivity contribution in [1.29, 1.82) is 0 Å². The highest BCUT2D eigenvalue weighted by molar-refractivity contribution is 6.01. The maximum absolute atomic E-state index is 14.6. The number of benzene rings is 4. The van der Waals surface area contributed by atoms with Crippen molar-refractivity contribution >= 4 is 35.0 Å². The molecule has 4 fully saturated rings. The van der Waals surface area contributed by atoms with E-state index in [0.717, 1.165) is 22.5 Å². The van der Waals surface area contributed by atoms with Crippen LogP contribution in [0.15, 0.2) is 97.1 Å². The Morgan fingerprint density at radius 2 is 0.981 bits per heavy atom. The van der Waals surface area contributed by atoms with Crippen molar-refractivity contribution in [3.05, 3.63) is 131 Å². The molecule has 6 aliphatic rings. The van der Waals surface area contributed by atoms with Crippen molar-refractivity contribution in [3.8, 4) is 0 Å². The van der Waals surface area contributed by atoms with E-state index in [0.29, 0.717) is 11.1 Å². The largest absolute Gasteiger partial charge is 0.364 e. The first-order valence-electron chi connectivity index (χ1n) is 17.7. The number of rotatable bonds is 5. The van der Waals surface area contributed by atoms with Gasteiger partial charge < -0.3 is 31.1 Å². The third kappa shape index (κ3) is 4.03. The Bertz CT molecular complexity index is 2080. The van der Waals surface area contributed by atoms with Gasteiger partial charge in [0.1, 0.15) is 48.1 Å². The van der Waals surface area contributed by atoms with Gasteiger partial charge in [0.25, 0.3) is 0 Å². The third-order valence-electron chi connectivity index (χ3n) is 12.4. The second kappa shape index (κ2) is 10.9. The van der Waals surface area contributed by atoms with Crippen LogP contribution in [0.25, 0.3) is 0 Å². The molecule has 52 heavy (non-hydrogen) atoms.